The lowest BCUT2D eigenvalue weighted by Crippen LogP contribution is -2.13. The number of hydrogen-bond donors (Lipinski definition) is 1. The van der Waals surface area contributed by atoms with Crippen molar-refractivity contribution < 1.29 is 5.11 Å². The van der Waals surface area contributed by atoms with Crippen LogP contribution in [0.15, 0.2) is 12.2 Å². The van der Waals surface area contributed by atoms with Crippen LogP contribution in [0.3, 0.4) is 0 Å². The summed E-state index contributed by atoms with van der Waals surface area (Å²) < 4.78 is 0. The predicted octanol–water partition coefficient (Wildman–Crippen LogP) is 2.22. The monoisotopic (exact) mass is 142 g/mol. The largest absolute Gasteiger partial charge is 0.396 e. The lowest BCUT2D eigenvalue weighted by atomic mass is 9.89. The molecular weight excluding hydrogens is 124 g/mol. The molecule has 0 aliphatic carbocycles. The number of rotatable bonds is 4. The third-order valence-electron chi connectivity index (χ3n) is 2.24. The Morgan fingerprint density at radius 2 is 2.00 bits per heavy atom. The molecule has 0 amide bonds. The lowest BCUT2D eigenvalue weighted by Gasteiger charge is -2.18. The summed E-state index contributed by atoms with van der Waals surface area (Å²) in [6, 6.07) is 0. The molecule has 60 valence electrons. The first-order valence-corrected chi connectivity index (χ1v) is 3.92. The van der Waals surface area contributed by atoms with Gasteiger partial charge in [-0.2, -0.15) is 0 Å². The van der Waals surface area contributed by atoms with E-state index in [1.807, 2.05) is 6.92 Å². The average Bonchev–Trinajstić information content (AvgIpc) is 2.00. The number of aliphatic hydroxyl groups excluding tert-OH is 1. The molecule has 0 fully saturated rings. The second-order valence-electron chi connectivity index (χ2n) is 2.96. The first-order valence-electron chi connectivity index (χ1n) is 3.92. The molecule has 0 rings (SSSR count). The zero-order chi connectivity index (χ0) is 8.15. The smallest absolute Gasteiger partial charge is 0.0462 e. The Kier molecular flexibility index (Phi) is 4.37. The minimum Gasteiger partial charge on any atom is -0.396 e. The Morgan fingerprint density at radius 1 is 1.50 bits per heavy atom. The van der Waals surface area contributed by atoms with Crippen LogP contribution in [0.1, 0.15) is 27.2 Å². The molecule has 0 saturated carbocycles. The van der Waals surface area contributed by atoms with Crippen LogP contribution < -0.4 is 0 Å². The van der Waals surface area contributed by atoms with E-state index in [0.29, 0.717) is 11.8 Å². The van der Waals surface area contributed by atoms with E-state index in [2.05, 4.69) is 20.4 Å². The van der Waals surface area contributed by atoms with Crippen molar-refractivity contribution >= 4 is 0 Å². The van der Waals surface area contributed by atoms with Gasteiger partial charge in [0.2, 0.25) is 0 Å². The zero-order valence-electron chi connectivity index (χ0n) is 7.22. The van der Waals surface area contributed by atoms with Crippen LogP contribution in [0.25, 0.3) is 0 Å². The van der Waals surface area contributed by atoms with Gasteiger partial charge in [-0.1, -0.05) is 32.9 Å². The maximum absolute atomic E-state index is 8.81. The Labute approximate surface area is 63.8 Å². The minimum atomic E-state index is 0.264. The molecule has 0 bridgehead atoms. The molecule has 2 atom stereocenters. The van der Waals surface area contributed by atoms with Crippen molar-refractivity contribution in [1.82, 2.24) is 0 Å². The van der Waals surface area contributed by atoms with Crippen LogP contribution in [0.5, 0.6) is 0 Å². The SMILES string of the molecule is C=C(CC)C(C)C(C)CO. The first kappa shape index (κ1) is 9.70. The third-order valence-corrected chi connectivity index (χ3v) is 2.24. The van der Waals surface area contributed by atoms with Crippen LogP contribution in [-0.4, -0.2) is 11.7 Å². The standard InChI is InChI=1S/C9H18O/c1-5-7(2)9(4)8(3)6-10/h8-10H,2,5-6H2,1,3-4H3. The van der Waals surface area contributed by atoms with E-state index < -0.39 is 0 Å². The molecule has 2 unspecified atom stereocenters. The molecule has 0 aromatic heterocycles. The number of allylic oxidation sites excluding steroid dienone is 1. The molecule has 0 radical (unpaired) electrons. The molecular formula is C9H18O. The summed E-state index contributed by atoms with van der Waals surface area (Å²) in [5, 5.41) is 8.81. The maximum Gasteiger partial charge on any atom is 0.0462 e. The summed E-state index contributed by atoms with van der Waals surface area (Å²) in [7, 11) is 0. The Morgan fingerprint density at radius 3 is 2.30 bits per heavy atom. The van der Waals surface area contributed by atoms with E-state index in [9.17, 15) is 0 Å². The Hall–Kier alpha value is -0.300. The molecule has 1 N–H and O–H groups in total. The fourth-order valence-corrected chi connectivity index (χ4v) is 0.882. The van der Waals surface area contributed by atoms with Gasteiger partial charge >= 0.3 is 0 Å². The Bertz CT molecular complexity index is 107. The zero-order valence-corrected chi connectivity index (χ0v) is 7.22. The fourth-order valence-electron chi connectivity index (χ4n) is 0.882. The summed E-state index contributed by atoms with van der Waals surface area (Å²) in [5.74, 6) is 0.808. The molecule has 1 heteroatoms. The molecule has 0 aromatic rings. The van der Waals surface area contributed by atoms with Gasteiger partial charge in [-0.15, -0.1) is 0 Å². The molecule has 0 spiro atoms. The second-order valence-corrected chi connectivity index (χ2v) is 2.96. The highest BCUT2D eigenvalue weighted by molar-refractivity contribution is 4.99. The van der Waals surface area contributed by atoms with Crippen LogP contribution in [0.2, 0.25) is 0 Å². The highest BCUT2D eigenvalue weighted by Crippen LogP contribution is 2.20. The van der Waals surface area contributed by atoms with Crippen molar-refractivity contribution in [3.05, 3.63) is 12.2 Å². The van der Waals surface area contributed by atoms with Crippen molar-refractivity contribution in [2.75, 3.05) is 6.61 Å². The summed E-state index contributed by atoms with van der Waals surface area (Å²) in [4.78, 5) is 0. The number of hydrogen-bond acceptors (Lipinski definition) is 1. The van der Waals surface area contributed by atoms with Crippen molar-refractivity contribution in [2.45, 2.75) is 27.2 Å². The molecule has 10 heavy (non-hydrogen) atoms. The molecule has 1 nitrogen and oxygen atoms in total. The molecule has 0 heterocycles. The molecule has 0 aliphatic heterocycles. The van der Waals surface area contributed by atoms with Crippen LogP contribution in [0.4, 0.5) is 0 Å². The lowest BCUT2D eigenvalue weighted by molar-refractivity contribution is 0.207. The van der Waals surface area contributed by atoms with Crippen molar-refractivity contribution in [1.29, 1.82) is 0 Å². The quantitative estimate of drug-likeness (QED) is 0.597. The van der Waals surface area contributed by atoms with Crippen molar-refractivity contribution in [3.63, 3.8) is 0 Å². The number of aliphatic hydroxyl groups is 1. The first-order chi connectivity index (χ1) is 4.63. The minimum absolute atomic E-state index is 0.264. The average molecular weight is 142 g/mol. The van der Waals surface area contributed by atoms with Crippen molar-refractivity contribution in [2.24, 2.45) is 11.8 Å². The van der Waals surface area contributed by atoms with E-state index in [0.717, 1.165) is 6.42 Å². The van der Waals surface area contributed by atoms with Gasteiger partial charge in [-0.25, -0.2) is 0 Å². The predicted molar refractivity (Wildman–Crippen MR) is 44.8 cm³/mol. The normalized spacial score (nSPS) is 16.4. The van der Waals surface area contributed by atoms with E-state index in [4.69, 9.17) is 5.11 Å². The molecule has 0 aromatic carbocycles. The molecule has 0 saturated heterocycles. The highest BCUT2D eigenvalue weighted by atomic mass is 16.3. The fraction of sp³-hybridized carbons (Fsp3) is 0.778. The van der Waals surface area contributed by atoms with Crippen LogP contribution in [-0.2, 0) is 0 Å². The van der Waals surface area contributed by atoms with Gasteiger partial charge < -0.3 is 5.11 Å². The topological polar surface area (TPSA) is 20.2 Å². The summed E-state index contributed by atoms with van der Waals surface area (Å²) in [5.41, 5.74) is 1.24. The van der Waals surface area contributed by atoms with Gasteiger partial charge in [0.05, 0.1) is 0 Å². The third kappa shape index (κ3) is 2.53. The summed E-state index contributed by atoms with van der Waals surface area (Å²) in [6.45, 7) is 10.5. The van der Waals surface area contributed by atoms with Gasteiger partial charge in [0.1, 0.15) is 0 Å². The Balaban J connectivity index is 3.81. The van der Waals surface area contributed by atoms with Gasteiger partial charge in [-0.3, -0.25) is 0 Å². The van der Waals surface area contributed by atoms with E-state index in [1.54, 1.807) is 0 Å². The van der Waals surface area contributed by atoms with Crippen molar-refractivity contribution in [3.8, 4) is 0 Å². The van der Waals surface area contributed by atoms with Crippen LogP contribution in [0, 0.1) is 11.8 Å². The van der Waals surface area contributed by atoms with Gasteiger partial charge in [-0.05, 0) is 18.3 Å². The highest BCUT2D eigenvalue weighted by Gasteiger charge is 2.12. The second kappa shape index (κ2) is 4.51. The van der Waals surface area contributed by atoms with Gasteiger partial charge in [0.15, 0.2) is 0 Å². The molecule has 0 aliphatic rings. The van der Waals surface area contributed by atoms with E-state index in [1.165, 1.54) is 5.57 Å². The summed E-state index contributed by atoms with van der Waals surface area (Å²) in [6.07, 6.45) is 1.02. The maximum atomic E-state index is 8.81. The van der Waals surface area contributed by atoms with Crippen LogP contribution >= 0.6 is 0 Å². The summed E-state index contributed by atoms with van der Waals surface area (Å²) >= 11 is 0. The van der Waals surface area contributed by atoms with E-state index in [-0.39, 0.29) is 6.61 Å². The van der Waals surface area contributed by atoms with Gasteiger partial charge in [0.25, 0.3) is 0 Å². The van der Waals surface area contributed by atoms with Gasteiger partial charge in [0, 0.05) is 6.61 Å². The van der Waals surface area contributed by atoms with E-state index >= 15 is 0 Å².